The molecule has 1 fully saturated rings. The van der Waals surface area contributed by atoms with Crippen LogP contribution in [0.25, 0.3) is 0 Å². The van der Waals surface area contributed by atoms with Crippen molar-refractivity contribution in [3.63, 3.8) is 0 Å². The number of carboxylic acids is 1. The lowest BCUT2D eigenvalue weighted by molar-refractivity contribution is -0.142. The summed E-state index contributed by atoms with van der Waals surface area (Å²) >= 11 is 0. The van der Waals surface area contributed by atoms with E-state index < -0.39 is 5.97 Å². The maximum absolute atomic E-state index is 11.0. The molecule has 0 bridgehead atoms. The van der Waals surface area contributed by atoms with Crippen molar-refractivity contribution in [3.8, 4) is 11.5 Å². The van der Waals surface area contributed by atoms with Crippen molar-refractivity contribution in [1.29, 1.82) is 0 Å². The van der Waals surface area contributed by atoms with Crippen molar-refractivity contribution in [3.05, 3.63) is 24.3 Å². The van der Waals surface area contributed by atoms with Gasteiger partial charge in [0, 0.05) is 12.6 Å². The molecule has 2 rings (SSSR count). The lowest BCUT2D eigenvalue weighted by Crippen LogP contribution is -2.38. The third kappa shape index (κ3) is 3.61. The van der Waals surface area contributed by atoms with Gasteiger partial charge in [-0.15, -0.1) is 0 Å². The smallest absolute Gasteiger partial charge is 0.320 e. The van der Waals surface area contributed by atoms with Crippen LogP contribution in [-0.2, 0) is 4.79 Å². The average Bonchev–Trinajstić information content (AvgIpc) is 2.87. The Balaban J connectivity index is 1.81. The molecule has 19 heavy (non-hydrogen) atoms. The molecule has 1 unspecified atom stereocenters. The van der Waals surface area contributed by atoms with Crippen molar-refractivity contribution < 1.29 is 19.4 Å². The molecule has 0 spiro atoms. The third-order valence-corrected chi connectivity index (χ3v) is 3.34. The van der Waals surface area contributed by atoms with E-state index in [-0.39, 0.29) is 6.04 Å². The van der Waals surface area contributed by atoms with Crippen LogP contribution in [0, 0.1) is 0 Å². The Hall–Kier alpha value is -1.75. The number of methoxy groups -OCH3 is 1. The van der Waals surface area contributed by atoms with Gasteiger partial charge >= 0.3 is 5.97 Å². The zero-order chi connectivity index (χ0) is 13.7. The molecule has 1 aliphatic rings. The van der Waals surface area contributed by atoms with Gasteiger partial charge in [0.1, 0.15) is 24.1 Å². The van der Waals surface area contributed by atoms with Crippen molar-refractivity contribution >= 4 is 5.97 Å². The zero-order valence-electron chi connectivity index (χ0n) is 11.0. The predicted octanol–water partition coefficient (Wildman–Crippen LogP) is 1.62. The molecule has 0 radical (unpaired) electrons. The van der Waals surface area contributed by atoms with E-state index in [1.54, 1.807) is 7.11 Å². The van der Waals surface area contributed by atoms with E-state index in [2.05, 4.69) is 0 Å². The van der Waals surface area contributed by atoms with Crippen molar-refractivity contribution in [2.75, 3.05) is 26.8 Å². The van der Waals surface area contributed by atoms with Gasteiger partial charge in [0.05, 0.1) is 7.11 Å². The molecule has 1 atom stereocenters. The summed E-state index contributed by atoms with van der Waals surface area (Å²) in [6, 6.07) is 7.05. The Morgan fingerprint density at radius 2 is 2.26 bits per heavy atom. The fourth-order valence-electron chi connectivity index (χ4n) is 2.35. The molecule has 1 aromatic carbocycles. The number of hydrogen-bond donors (Lipinski definition) is 1. The van der Waals surface area contributed by atoms with Gasteiger partial charge in [0.15, 0.2) is 0 Å². The lowest BCUT2D eigenvalue weighted by atomic mass is 10.2. The standard InChI is InChI=1S/C14H19NO4/c1-18-11-4-2-5-12(10-11)19-9-8-15-7-3-6-13(15)14(16)17/h2,4-5,10,13H,3,6-9H2,1H3,(H,16,17). The Kier molecular flexibility index (Phi) is 4.63. The second kappa shape index (κ2) is 6.43. The fraction of sp³-hybridized carbons (Fsp3) is 0.500. The highest BCUT2D eigenvalue weighted by Gasteiger charge is 2.29. The highest BCUT2D eigenvalue weighted by molar-refractivity contribution is 5.73. The summed E-state index contributed by atoms with van der Waals surface area (Å²) < 4.78 is 10.7. The minimum Gasteiger partial charge on any atom is -0.497 e. The third-order valence-electron chi connectivity index (χ3n) is 3.34. The summed E-state index contributed by atoms with van der Waals surface area (Å²) in [6.07, 6.45) is 1.67. The molecule has 0 aromatic heterocycles. The number of nitrogens with zero attached hydrogens (tertiary/aromatic N) is 1. The minimum atomic E-state index is -0.737. The van der Waals surface area contributed by atoms with Gasteiger partial charge in [-0.1, -0.05) is 6.07 Å². The molecular weight excluding hydrogens is 246 g/mol. The molecule has 1 N–H and O–H groups in total. The summed E-state index contributed by atoms with van der Waals surface area (Å²) in [6.45, 7) is 1.95. The van der Waals surface area contributed by atoms with Crippen LogP contribution in [0.15, 0.2) is 24.3 Å². The van der Waals surface area contributed by atoms with Crippen molar-refractivity contribution in [2.24, 2.45) is 0 Å². The maximum Gasteiger partial charge on any atom is 0.320 e. The van der Waals surface area contributed by atoms with Crippen LogP contribution in [0.5, 0.6) is 11.5 Å². The maximum atomic E-state index is 11.0. The van der Waals surface area contributed by atoms with E-state index in [1.807, 2.05) is 29.2 Å². The molecule has 0 amide bonds. The molecule has 1 aromatic rings. The summed E-state index contributed by atoms with van der Waals surface area (Å²) in [4.78, 5) is 13.0. The van der Waals surface area contributed by atoms with Crippen LogP contribution in [0.1, 0.15) is 12.8 Å². The monoisotopic (exact) mass is 265 g/mol. The minimum absolute atomic E-state index is 0.353. The first-order valence-corrected chi connectivity index (χ1v) is 6.44. The van der Waals surface area contributed by atoms with Crippen LogP contribution in [0.3, 0.4) is 0 Å². The van der Waals surface area contributed by atoms with Crippen molar-refractivity contribution in [1.82, 2.24) is 4.90 Å². The Morgan fingerprint density at radius 3 is 3.00 bits per heavy atom. The number of likely N-dealkylation sites (tertiary alicyclic amines) is 1. The molecule has 1 saturated heterocycles. The first-order valence-electron chi connectivity index (χ1n) is 6.44. The molecule has 0 saturated carbocycles. The van der Waals surface area contributed by atoms with Crippen LogP contribution in [0.4, 0.5) is 0 Å². The van der Waals surface area contributed by atoms with E-state index in [1.165, 1.54) is 0 Å². The van der Waals surface area contributed by atoms with E-state index in [9.17, 15) is 4.79 Å². The van der Waals surface area contributed by atoms with Gasteiger partial charge in [0.2, 0.25) is 0 Å². The normalized spacial score (nSPS) is 19.3. The molecule has 0 aliphatic carbocycles. The van der Waals surface area contributed by atoms with E-state index in [0.29, 0.717) is 13.2 Å². The van der Waals surface area contributed by atoms with Crippen LogP contribution >= 0.6 is 0 Å². The highest BCUT2D eigenvalue weighted by atomic mass is 16.5. The fourth-order valence-corrected chi connectivity index (χ4v) is 2.35. The summed E-state index contributed by atoms with van der Waals surface area (Å²) in [5.74, 6) is 0.756. The highest BCUT2D eigenvalue weighted by Crippen LogP contribution is 2.20. The van der Waals surface area contributed by atoms with Gasteiger partial charge in [0.25, 0.3) is 0 Å². The SMILES string of the molecule is COc1cccc(OCCN2CCCC2C(=O)O)c1. The van der Waals surface area contributed by atoms with Gasteiger partial charge in [-0.2, -0.15) is 0 Å². The molecule has 5 nitrogen and oxygen atoms in total. The van der Waals surface area contributed by atoms with Gasteiger partial charge in [-0.25, -0.2) is 0 Å². The number of carboxylic acid groups (broad SMARTS) is 1. The van der Waals surface area contributed by atoms with Crippen LogP contribution in [-0.4, -0.2) is 48.8 Å². The Bertz CT molecular complexity index is 435. The summed E-state index contributed by atoms with van der Waals surface area (Å²) in [7, 11) is 1.61. The second-order valence-electron chi connectivity index (χ2n) is 4.56. The molecule has 1 heterocycles. The average molecular weight is 265 g/mol. The molecule has 1 aliphatic heterocycles. The van der Waals surface area contributed by atoms with E-state index in [0.717, 1.165) is 30.9 Å². The van der Waals surface area contributed by atoms with Gasteiger partial charge in [-0.05, 0) is 31.5 Å². The predicted molar refractivity (Wildman–Crippen MR) is 70.7 cm³/mol. The number of benzene rings is 1. The van der Waals surface area contributed by atoms with Gasteiger partial charge < -0.3 is 14.6 Å². The largest absolute Gasteiger partial charge is 0.497 e. The first-order chi connectivity index (χ1) is 9.20. The number of aliphatic carboxylic acids is 1. The number of rotatable bonds is 6. The Morgan fingerprint density at radius 1 is 1.47 bits per heavy atom. The number of hydrogen-bond acceptors (Lipinski definition) is 4. The van der Waals surface area contributed by atoms with Crippen LogP contribution < -0.4 is 9.47 Å². The zero-order valence-corrected chi connectivity index (χ0v) is 11.0. The molecule has 5 heteroatoms. The van der Waals surface area contributed by atoms with Gasteiger partial charge in [-0.3, -0.25) is 9.69 Å². The lowest BCUT2D eigenvalue weighted by Gasteiger charge is -2.20. The topological polar surface area (TPSA) is 59.0 Å². The van der Waals surface area contributed by atoms with Crippen molar-refractivity contribution in [2.45, 2.75) is 18.9 Å². The summed E-state index contributed by atoms with van der Waals surface area (Å²) in [5.41, 5.74) is 0. The first kappa shape index (κ1) is 13.7. The number of carbonyl (C=O) groups is 1. The number of ether oxygens (including phenoxy) is 2. The van der Waals surface area contributed by atoms with Crippen LogP contribution in [0.2, 0.25) is 0 Å². The quantitative estimate of drug-likeness (QED) is 0.847. The second-order valence-corrected chi connectivity index (χ2v) is 4.56. The van der Waals surface area contributed by atoms with E-state index in [4.69, 9.17) is 14.6 Å². The molecule has 104 valence electrons. The Labute approximate surface area is 112 Å². The van der Waals surface area contributed by atoms with E-state index >= 15 is 0 Å². The summed E-state index contributed by atoms with van der Waals surface area (Å²) in [5, 5.41) is 9.07. The molecular formula is C14H19NO4.